The molecule has 0 aliphatic rings. The second kappa shape index (κ2) is 4.80. The first-order valence-corrected chi connectivity index (χ1v) is 6.43. The summed E-state index contributed by atoms with van der Waals surface area (Å²) < 4.78 is 1.70. The number of aromatic nitrogens is 4. The van der Waals surface area contributed by atoms with Gasteiger partial charge in [-0.2, -0.15) is 14.6 Å². The maximum absolute atomic E-state index is 5.71. The fourth-order valence-corrected chi connectivity index (χ4v) is 2.12. The van der Waals surface area contributed by atoms with Gasteiger partial charge in [-0.05, 0) is 31.5 Å². The summed E-state index contributed by atoms with van der Waals surface area (Å²) >= 11 is 0. The Hall–Kier alpha value is -2.63. The average molecular weight is 268 g/mol. The Morgan fingerprint density at radius 3 is 2.75 bits per heavy atom. The minimum atomic E-state index is 0.129. The third-order valence-corrected chi connectivity index (χ3v) is 3.18. The third kappa shape index (κ3) is 2.27. The molecule has 0 saturated heterocycles. The number of hydrogen-bond acceptors (Lipinski definition) is 5. The number of nitrogens with zero attached hydrogens (tertiary/aromatic N) is 4. The molecule has 6 nitrogen and oxygen atoms in total. The Labute approximate surface area is 116 Å². The molecule has 0 aliphatic carbocycles. The molecule has 102 valence electrons. The summed E-state index contributed by atoms with van der Waals surface area (Å²) in [6.45, 7) is 4.03. The van der Waals surface area contributed by atoms with Gasteiger partial charge in [-0.3, -0.25) is 0 Å². The SMILES string of the molecule is Cc1cc(NC(C)c2ccc(N)cc2)n2ncnc2n1. The van der Waals surface area contributed by atoms with Gasteiger partial charge < -0.3 is 11.1 Å². The van der Waals surface area contributed by atoms with Gasteiger partial charge in [0.05, 0.1) is 0 Å². The molecule has 2 aromatic heterocycles. The summed E-state index contributed by atoms with van der Waals surface area (Å²) in [6.07, 6.45) is 1.50. The number of nitrogen functional groups attached to an aromatic ring is 1. The highest BCUT2D eigenvalue weighted by Gasteiger charge is 2.10. The highest BCUT2D eigenvalue weighted by molar-refractivity contribution is 5.47. The van der Waals surface area contributed by atoms with Crippen LogP contribution in [0, 0.1) is 6.92 Å². The van der Waals surface area contributed by atoms with Gasteiger partial charge in [-0.1, -0.05) is 12.1 Å². The van der Waals surface area contributed by atoms with E-state index in [-0.39, 0.29) is 6.04 Å². The molecule has 1 unspecified atom stereocenters. The van der Waals surface area contributed by atoms with E-state index in [1.807, 2.05) is 37.3 Å². The Morgan fingerprint density at radius 1 is 1.25 bits per heavy atom. The zero-order chi connectivity index (χ0) is 14.1. The van der Waals surface area contributed by atoms with Crippen LogP contribution in [0.1, 0.15) is 24.2 Å². The molecular weight excluding hydrogens is 252 g/mol. The van der Waals surface area contributed by atoms with Crippen LogP contribution in [-0.2, 0) is 0 Å². The highest BCUT2D eigenvalue weighted by Crippen LogP contribution is 2.20. The van der Waals surface area contributed by atoms with E-state index in [9.17, 15) is 0 Å². The predicted molar refractivity (Wildman–Crippen MR) is 78.4 cm³/mol. The first-order valence-electron chi connectivity index (χ1n) is 6.43. The summed E-state index contributed by atoms with van der Waals surface area (Å²) in [5.41, 5.74) is 8.53. The van der Waals surface area contributed by atoms with Crippen molar-refractivity contribution in [3.8, 4) is 0 Å². The zero-order valence-electron chi connectivity index (χ0n) is 11.4. The van der Waals surface area contributed by atoms with Crippen LogP contribution in [0.4, 0.5) is 11.5 Å². The molecule has 0 bridgehead atoms. The van der Waals surface area contributed by atoms with Gasteiger partial charge >= 0.3 is 0 Å². The normalized spacial score (nSPS) is 12.5. The van der Waals surface area contributed by atoms with Crippen LogP contribution in [-0.4, -0.2) is 19.6 Å². The van der Waals surface area contributed by atoms with Crippen molar-refractivity contribution in [2.45, 2.75) is 19.9 Å². The van der Waals surface area contributed by atoms with E-state index in [4.69, 9.17) is 5.73 Å². The largest absolute Gasteiger partial charge is 0.399 e. The number of hydrogen-bond donors (Lipinski definition) is 2. The molecule has 3 N–H and O–H groups in total. The number of aryl methyl sites for hydroxylation is 1. The second-order valence-electron chi connectivity index (χ2n) is 4.79. The molecule has 3 rings (SSSR count). The van der Waals surface area contributed by atoms with E-state index < -0.39 is 0 Å². The van der Waals surface area contributed by atoms with Crippen molar-refractivity contribution in [2.24, 2.45) is 0 Å². The molecule has 0 saturated carbocycles. The Bertz CT molecular complexity index is 731. The summed E-state index contributed by atoms with van der Waals surface area (Å²) in [4.78, 5) is 8.44. The Morgan fingerprint density at radius 2 is 2.00 bits per heavy atom. The summed E-state index contributed by atoms with van der Waals surface area (Å²) in [5.74, 6) is 1.46. The van der Waals surface area contributed by atoms with E-state index in [1.54, 1.807) is 4.52 Å². The number of benzene rings is 1. The lowest BCUT2D eigenvalue weighted by molar-refractivity contribution is 0.838. The van der Waals surface area contributed by atoms with Gasteiger partial charge in [-0.25, -0.2) is 4.98 Å². The number of anilines is 2. The first kappa shape index (κ1) is 12.4. The topological polar surface area (TPSA) is 81.1 Å². The fourth-order valence-electron chi connectivity index (χ4n) is 2.12. The fraction of sp³-hybridized carbons (Fsp3) is 0.214. The summed E-state index contributed by atoms with van der Waals surface area (Å²) in [5, 5.41) is 7.61. The van der Waals surface area contributed by atoms with Gasteiger partial charge in [0, 0.05) is 23.5 Å². The maximum Gasteiger partial charge on any atom is 0.254 e. The molecule has 20 heavy (non-hydrogen) atoms. The van der Waals surface area contributed by atoms with Crippen molar-refractivity contribution >= 4 is 17.3 Å². The van der Waals surface area contributed by atoms with E-state index in [0.717, 1.165) is 22.8 Å². The molecule has 0 radical (unpaired) electrons. The quantitative estimate of drug-likeness (QED) is 0.712. The lowest BCUT2D eigenvalue weighted by atomic mass is 10.1. The highest BCUT2D eigenvalue weighted by atomic mass is 15.4. The van der Waals surface area contributed by atoms with Crippen molar-refractivity contribution in [3.05, 3.63) is 47.9 Å². The van der Waals surface area contributed by atoms with E-state index in [1.165, 1.54) is 6.33 Å². The van der Waals surface area contributed by atoms with Crippen molar-refractivity contribution in [1.29, 1.82) is 0 Å². The standard InChI is InChI=1S/C14H16N6/c1-9-7-13(20-14(18-9)16-8-17-20)19-10(2)11-3-5-12(15)6-4-11/h3-8,10,19H,15H2,1-2H3. The zero-order valence-corrected chi connectivity index (χ0v) is 11.4. The maximum atomic E-state index is 5.71. The average Bonchev–Trinajstić information content (AvgIpc) is 2.87. The van der Waals surface area contributed by atoms with Crippen LogP contribution in [0.5, 0.6) is 0 Å². The van der Waals surface area contributed by atoms with Gasteiger partial charge in [0.15, 0.2) is 0 Å². The van der Waals surface area contributed by atoms with Crippen molar-refractivity contribution < 1.29 is 0 Å². The Kier molecular flexibility index (Phi) is 2.98. The molecule has 2 heterocycles. The minimum absolute atomic E-state index is 0.129. The third-order valence-electron chi connectivity index (χ3n) is 3.18. The number of fused-ring (bicyclic) bond motifs is 1. The lowest BCUT2D eigenvalue weighted by Crippen LogP contribution is -2.11. The molecule has 0 fully saturated rings. The number of nitrogens with one attached hydrogen (secondary N) is 1. The summed E-state index contributed by atoms with van der Waals surface area (Å²) in [7, 11) is 0. The van der Waals surface area contributed by atoms with E-state index >= 15 is 0 Å². The van der Waals surface area contributed by atoms with Gasteiger partial charge in [0.2, 0.25) is 0 Å². The van der Waals surface area contributed by atoms with Crippen molar-refractivity contribution in [1.82, 2.24) is 19.6 Å². The number of rotatable bonds is 3. The molecular formula is C14H16N6. The van der Waals surface area contributed by atoms with Crippen LogP contribution in [0.2, 0.25) is 0 Å². The van der Waals surface area contributed by atoms with Crippen LogP contribution < -0.4 is 11.1 Å². The smallest absolute Gasteiger partial charge is 0.254 e. The number of nitrogens with two attached hydrogens (primary N) is 1. The molecule has 1 aromatic carbocycles. The molecule has 0 aliphatic heterocycles. The molecule has 3 aromatic rings. The van der Waals surface area contributed by atoms with Crippen LogP contribution >= 0.6 is 0 Å². The van der Waals surface area contributed by atoms with Crippen LogP contribution in [0.25, 0.3) is 5.78 Å². The first-order chi connectivity index (χ1) is 9.63. The lowest BCUT2D eigenvalue weighted by Gasteiger charge is -2.16. The monoisotopic (exact) mass is 268 g/mol. The summed E-state index contributed by atoms with van der Waals surface area (Å²) in [6, 6.07) is 9.91. The molecule has 1 atom stereocenters. The van der Waals surface area contributed by atoms with Gasteiger partial charge in [-0.15, -0.1) is 0 Å². The van der Waals surface area contributed by atoms with Crippen molar-refractivity contribution in [2.75, 3.05) is 11.1 Å². The Balaban J connectivity index is 1.92. The molecule has 0 amide bonds. The van der Waals surface area contributed by atoms with Crippen LogP contribution in [0.15, 0.2) is 36.7 Å². The minimum Gasteiger partial charge on any atom is -0.399 e. The van der Waals surface area contributed by atoms with Crippen molar-refractivity contribution in [3.63, 3.8) is 0 Å². The van der Waals surface area contributed by atoms with E-state index in [0.29, 0.717) is 5.78 Å². The van der Waals surface area contributed by atoms with E-state index in [2.05, 4.69) is 27.3 Å². The van der Waals surface area contributed by atoms with Crippen LogP contribution in [0.3, 0.4) is 0 Å². The predicted octanol–water partition coefficient (Wildman–Crippen LogP) is 2.19. The van der Waals surface area contributed by atoms with Gasteiger partial charge in [0.1, 0.15) is 12.1 Å². The van der Waals surface area contributed by atoms with Gasteiger partial charge in [0.25, 0.3) is 5.78 Å². The molecule has 6 heteroatoms. The second-order valence-corrected chi connectivity index (χ2v) is 4.79. The molecule has 0 spiro atoms.